The van der Waals surface area contributed by atoms with Gasteiger partial charge in [0.05, 0.1) is 0 Å². The minimum Gasteiger partial charge on any atom is -0.376 e. The number of fused-ring (bicyclic) bond motifs is 1. The van der Waals surface area contributed by atoms with E-state index in [4.69, 9.17) is 0 Å². The van der Waals surface area contributed by atoms with E-state index in [0.717, 1.165) is 16.3 Å². The molecule has 0 amide bonds. The molecule has 0 fully saturated rings. The molecule has 0 bridgehead atoms. The lowest BCUT2D eigenvalue weighted by Gasteiger charge is -2.11. The van der Waals surface area contributed by atoms with Crippen molar-refractivity contribution < 1.29 is 13.2 Å². The smallest absolute Gasteiger partial charge is 0.152 e. The molecule has 1 aromatic heterocycles. The molecule has 0 spiro atoms. The number of hydrogen-bond acceptors (Lipinski definition) is 2. The molecule has 2 aromatic carbocycles. The second-order valence-electron chi connectivity index (χ2n) is 4.61. The van der Waals surface area contributed by atoms with Crippen LogP contribution >= 0.6 is 0 Å². The third kappa shape index (κ3) is 2.67. The summed E-state index contributed by atoms with van der Waals surface area (Å²) in [5, 5.41) is 4.57. The lowest BCUT2D eigenvalue weighted by atomic mass is 10.1. The monoisotopic (exact) mass is 288 g/mol. The fraction of sp³-hybridized carbons (Fsp3) is 0.0625. The molecular weight excluding hydrogens is 277 g/mol. The van der Waals surface area contributed by atoms with Crippen molar-refractivity contribution in [1.29, 1.82) is 0 Å². The molecular formula is C16H11F3N2. The van der Waals surface area contributed by atoms with Gasteiger partial charge in [-0.2, -0.15) is 0 Å². The van der Waals surface area contributed by atoms with Crippen LogP contribution in [0.25, 0.3) is 10.8 Å². The Morgan fingerprint density at radius 1 is 1.00 bits per heavy atom. The van der Waals surface area contributed by atoms with Gasteiger partial charge >= 0.3 is 0 Å². The molecule has 3 rings (SSSR count). The summed E-state index contributed by atoms with van der Waals surface area (Å²) >= 11 is 0. The molecule has 5 heteroatoms. The molecule has 106 valence electrons. The molecule has 3 aromatic rings. The quantitative estimate of drug-likeness (QED) is 0.778. The zero-order valence-corrected chi connectivity index (χ0v) is 10.9. The Kier molecular flexibility index (Phi) is 3.48. The van der Waals surface area contributed by atoms with Crippen LogP contribution in [0.3, 0.4) is 0 Å². The Hall–Kier alpha value is -2.56. The first-order valence-electron chi connectivity index (χ1n) is 6.35. The minimum absolute atomic E-state index is 0.223. The van der Waals surface area contributed by atoms with Gasteiger partial charge in [0.25, 0.3) is 0 Å². The summed E-state index contributed by atoms with van der Waals surface area (Å²) < 4.78 is 40.0. The first-order valence-corrected chi connectivity index (χ1v) is 6.35. The largest absolute Gasteiger partial charge is 0.376 e. The van der Waals surface area contributed by atoms with Crippen LogP contribution in [0.4, 0.5) is 18.9 Å². The van der Waals surface area contributed by atoms with Crippen molar-refractivity contribution >= 4 is 16.5 Å². The van der Waals surface area contributed by atoms with Gasteiger partial charge in [0.2, 0.25) is 0 Å². The van der Waals surface area contributed by atoms with E-state index in [2.05, 4.69) is 10.3 Å². The zero-order chi connectivity index (χ0) is 14.8. The molecule has 0 radical (unpaired) electrons. The van der Waals surface area contributed by atoms with Gasteiger partial charge in [-0.05, 0) is 17.0 Å². The molecule has 21 heavy (non-hydrogen) atoms. The van der Waals surface area contributed by atoms with Crippen LogP contribution in [0.15, 0.2) is 48.8 Å². The van der Waals surface area contributed by atoms with E-state index in [0.29, 0.717) is 12.1 Å². The maximum Gasteiger partial charge on any atom is 0.152 e. The van der Waals surface area contributed by atoms with Gasteiger partial charge in [0.1, 0.15) is 11.5 Å². The topological polar surface area (TPSA) is 24.9 Å². The van der Waals surface area contributed by atoms with Crippen LogP contribution in [0, 0.1) is 17.5 Å². The Morgan fingerprint density at radius 2 is 1.76 bits per heavy atom. The van der Waals surface area contributed by atoms with Crippen LogP contribution in [0.5, 0.6) is 0 Å². The number of hydrogen-bond donors (Lipinski definition) is 1. The van der Waals surface area contributed by atoms with E-state index in [-0.39, 0.29) is 12.2 Å². The van der Waals surface area contributed by atoms with Crippen molar-refractivity contribution in [2.45, 2.75) is 6.54 Å². The van der Waals surface area contributed by atoms with Gasteiger partial charge in [-0.1, -0.05) is 18.2 Å². The third-order valence-corrected chi connectivity index (χ3v) is 3.23. The molecule has 0 saturated carbocycles. The predicted octanol–water partition coefficient (Wildman–Crippen LogP) is 4.26. The van der Waals surface area contributed by atoms with Crippen LogP contribution in [-0.2, 0) is 6.54 Å². The summed E-state index contributed by atoms with van der Waals surface area (Å²) in [6.45, 7) is 0.223. The number of anilines is 1. The van der Waals surface area contributed by atoms with Gasteiger partial charge in [0.15, 0.2) is 11.6 Å². The average molecular weight is 288 g/mol. The molecule has 2 nitrogen and oxygen atoms in total. The maximum absolute atomic E-state index is 13.6. The van der Waals surface area contributed by atoms with Gasteiger partial charge in [0, 0.05) is 36.5 Å². The number of nitrogens with zero attached hydrogens (tertiary/aromatic N) is 1. The summed E-state index contributed by atoms with van der Waals surface area (Å²) in [5.74, 6) is -2.84. The van der Waals surface area contributed by atoms with E-state index < -0.39 is 17.5 Å². The summed E-state index contributed by atoms with van der Waals surface area (Å²) in [5.41, 5.74) is 0.542. The van der Waals surface area contributed by atoms with Crippen molar-refractivity contribution in [3.63, 3.8) is 0 Å². The predicted molar refractivity (Wildman–Crippen MR) is 75.4 cm³/mol. The highest BCUT2D eigenvalue weighted by molar-refractivity contribution is 5.84. The Labute approximate surface area is 119 Å². The summed E-state index contributed by atoms with van der Waals surface area (Å²) in [6.07, 6.45) is 3.38. The van der Waals surface area contributed by atoms with Crippen LogP contribution in [-0.4, -0.2) is 4.98 Å². The summed E-state index contributed by atoms with van der Waals surface area (Å²) in [7, 11) is 0. The molecule has 0 aliphatic heterocycles. The number of pyridine rings is 1. The number of nitrogens with one attached hydrogen (secondary N) is 1. The van der Waals surface area contributed by atoms with Gasteiger partial charge in [-0.25, -0.2) is 13.2 Å². The lowest BCUT2D eigenvalue weighted by molar-refractivity contribution is 0.547. The van der Waals surface area contributed by atoms with Crippen LogP contribution < -0.4 is 5.32 Å². The molecule has 1 heterocycles. The van der Waals surface area contributed by atoms with Crippen molar-refractivity contribution in [3.8, 4) is 0 Å². The molecule has 0 saturated heterocycles. The fourth-order valence-electron chi connectivity index (χ4n) is 2.24. The highest BCUT2D eigenvalue weighted by Gasteiger charge is 2.11. The first kappa shape index (κ1) is 13.4. The van der Waals surface area contributed by atoms with Gasteiger partial charge in [-0.3, -0.25) is 4.98 Å². The third-order valence-electron chi connectivity index (χ3n) is 3.23. The Morgan fingerprint density at radius 3 is 2.52 bits per heavy atom. The number of halogens is 3. The molecule has 0 aliphatic rings. The SMILES string of the molecule is Fc1cc(F)c(NCc2cccc3cnccc23)c(F)c1. The summed E-state index contributed by atoms with van der Waals surface area (Å²) in [4.78, 5) is 4.03. The molecule has 0 atom stereocenters. The number of rotatable bonds is 3. The van der Waals surface area contributed by atoms with E-state index in [1.54, 1.807) is 12.4 Å². The highest BCUT2D eigenvalue weighted by atomic mass is 19.1. The standard InChI is InChI=1S/C16H11F3N2/c17-12-6-14(18)16(15(19)7-12)21-9-11-3-1-2-10-8-20-5-4-13(10)11/h1-8,21H,9H2. The van der Waals surface area contributed by atoms with Crippen molar-refractivity contribution in [2.24, 2.45) is 0 Å². The van der Waals surface area contributed by atoms with Crippen molar-refractivity contribution in [1.82, 2.24) is 4.98 Å². The molecule has 1 N–H and O–H groups in total. The second-order valence-corrected chi connectivity index (χ2v) is 4.61. The first-order chi connectivity index (χ1) is 10.1. The van der Waals surface area contributed by atoms with Crippen LogP contribution in [0.2, 0.25) is 0 Å². The fourth-order valence-corrected chi connectivity index (χ4v) is 2.24. The minimum atomic E-state index is -0.950. The van der Waals surface area contributed by atoms with Crippen molar-refractivity contribution in [2.75, 3.05) is 5.32 Å². The highest BCUT2D eigenvalue weighted by Crippen LogP contribution is 2.23. The van der Waals surface area contributed by atoms with E-state index in [1.165, 1.54) is 0 Å². The Bertz CT molecular complexity index is 774. The second kappa shape index (κ2) is 5.44. The number of aromatic nitrogens is 1. The van der Waals surface area contributed by atoms with E-state index in [9.17, 15) is 13.2 Å². The van der Waals surface area contributed by atoms with E-state index in [1.807, 2.05) is 24.3 Å². The molecule has 0 unspecified atom stereocenters. The van der Waals surface area contributed by atoms with Gasteiger partial charge in [-0.15, -0.1) is 0 Å². The summed E-state index contributed by atoms with van der Waals surface area (Å²) in [6, 6.07) is 8.75. The van der Waals surface area contributed by atoms with Crippen LogP contribution in [0.1, 0.15) is 5.56 Å². The van der Waals surface area contributed by atoms with Crippen molar-refractivity contribution in [3.05, 3.63) is 71.8 Å². The van der Waals surface area contributed by atoms with Gasteiger partial charge < -0.3 is 5.32 Å². The normalized spacial score (nSPS) is 10.8. The average Bonchev–Trinajstić information content (AvgIpc) is 2.46. The number of benzene rings is 2. The maximum atomic E-state index is 13.6. The Balaban J connectivity index is 1.91. The lowest BCUT2D eigenvalue weighted by Crippen LogP contribution is -2.05. The zero-order valence-electron chi connectivity index (χ0n) is 10.9. The van der Waals surface area contributed by atoms with E-state index >= 15 is 0 Å². The molecule has 0 aliphatic carbocycles.